The van der Waals surface area contributed by atoms with Gasteiger partial charge in [-0.25, -0.2) is 14.3 Å². The monoisotopic (exact) mass is 557 g/mol. The van der Waals surface area contributed by atoms with Crippen LogP contribution in [-0.2, 0) is 13.1 Å². The number of benzene rings is 1. The Morgan fingerprint density at radius 2 is 2.02 bits per heavy atom. The molecule has 1 aromatic carbocycles. The molecule has 0 amide bonds. The maximum atomic E-state index is 13.3. The molecule has 0 unspecified atom stereocenters. The summed E-state index contributed by atoms with van der Waals surface area (Å²) in [5.74, 6) is 1.34. The fourth-order valence-electron chi connectivity index (χ4n) is 5.15. The molecule has 0 radical (unpaired) electrons. The van der Waals surface area contributed by atoms with Crippen molar-refractivity contribution in [2.45, 2.75) is 38.5 Å². The molecule has 41 heavy (non-hydrogen) atoms. The number of piperidine rings is 1. The van der Waals surface area contributed by atoms with E-state index in [1.54, 1.807) is 21.6 Å². The van der Waals surface area contributed by atoms with Crippen molar-refractivity contribution in [2.75, 3.05) is 32.1 Å². The van der Waals surface area contributed by atoms with Crippen molar-refractivity contribution in [3.8, 4) is 11.7 Å². The van der Waals surface area contributed by atoms with Crippen LogP contribution in [0.25, 0.3) is 27.8 Å². The van der Waals surface area contributed by atoms with Crippen LogP contribution in [0.3, 0.4) is 0 Å². The number of likely N-dealkylation sites (tertiary alicyclic amines) is 1. The van der Waals surface area contributed by atoms with Gasteiger partial charge in [-0.15, -0.1) is 6.58 Å². The summed E-state index contributed by atoms with van der Waals surface area (Å²) in [7, 11) is 2.11. The first-order valence-electron chi connectivity index (χ1n) is 13.7. The zero-order valence-electron chi connectivity index (χ0n) is 22.9. The number of alkyl halides is 1. The molecule has 1 aliphatic rings. The van der Waals surface area contributed by atoms with Crippen molar-refractivity contribution in [2.24, 2.45) is 0 Å². The Kier molecular flexibility index (Phi) is 7.47. The standard InChI is InChI=1S/C29H32FN9O2/c1-3-13-38-28(40)23-19-31-29(33-21-8-9-24-20(17-21)18-32-37(24)14-5-12-30)35-27(23)39(38)25-6-4-7-26(34-25)41-22-10-15-36(2)16-11-22/h3-4,6-9,17-19,22H,1,5,10-16H2,2H3,(H,31,33,35). The minimum absolute atomic E-state index is 0.0944. The largest absolute Gasteiger partial charge is 0.474 e. The topological polar surface area (TPSA) is 108 Å². The number of anilines is 2. The Labute approximate surface area is 235 Å². The van der Waals surface area contributed by atoms with Crippen LogP contribution >= 0.6 is 0 Å². The second-order valence-corrected chi connectivity index (χ2v) is 10.2. The third-order valence-electron chi connectivity index (χ3n) is 7.26. The lowest BCUT2D eigenvalue weighted by molar-refractivity contribution is 0.110. The lowest BCUT2D eigenvalue weighted by Crippen LogP contribution is -2.35. The van der Waals surface area contributed by atoms with Crippen LogP contribution in [0.2, 0.25) is 0 Å². The SMILES string of the molecule is C=CCn1c(=O)c2cnc(Nc3ccc4c(cnn4CCCF)c3)nc2n1-c1cccc(OC2CCN(C)CC2)n1. The molecule has 12 heteroatoms. The van der Waals surface area contributed by atoms with E-state index in [4.69, 9.17) is 14.7 Å². The van der Waals surface area contributed by atoms with Gasteiger partial charge >= 0.3 is 0 Å². The first-order valence-corrected chi connectivity index (χ1v) is 13.7. The molecule has 6 rings (SSSR count). The molecule has 1 aliphatic heterocycles. The van der Waals surface area contributed by atoms with Gasteiger partial charge in [-0.05, 0) is 50.6 Å². The number of rotatable bonds is 10. The van der Waals surface area contributed by atoms with Gasteiger partial charge in [0.25, 0.3) is 5.56 Å². The predicted molar refractivity (Wildman–Crippen MR) is 156 cm³/mol. The van der Waals surface area contributed by atoms with Crippen LogP contribution < -0.4 is 15.6 Å². The number of ether oxygens (including phenoxy) is 1. The lowest BCUT2D eigenvalue weighted by atomic mass is 10.1. The molecule has 11 nitrogen and oxygen atoms in total. The fourth-order valence-corrected chi connectivity index (χ4v) is 5.15. The van der Waals surface area contributed by atoms with E-state index >= 15 is 0 Å². The summed E-state index contributed by atoms with van der Waals surface area (Å²) in [6.07, 6.45) is 7.31. The number of halogens is 1. The third kappa shape index (κ3) is 5.42. The van der Waals surface area contributed by atoms with E-state index in [0.29, 0.717) is 41.6 Å². The lowest BCUT2D eigenvalue weighted by Gasteiger charge is -2.29. The molecule has 0 spiro atoms. The van der Waals surface area contributed by atoms with Crippen LogP contribution in [0.1, 0.15) is 19.3 Å². The molecule has 0 bridgehead atoms. The summed E-state index contributed by atoms with van der Waals surface area (Å²) in [6, 6.07) is 11.3. The maximum Gasteiger partial charge on any atom is 0.278 e. The Balaban J connectivity index is 1.33. The van der Waals surface area contributed by atoms with Gasteiger partial charge in [0, 0.05) is 43.0 Å². The molecule has 1 saturated heterocycles. The molecule has 5 heterocycles. The molecule has 4 aromatic heterocycles. The summed E-state index contributed by atoms with van der Waals surface area (Å²) in [4.78, 5) is 29.5. The van der Waals surface area contributed by atoms with Gasteiger partial charge in [-0.2, -0.15) is 15.1 Å². The van der Waals surface area contributed by atoms with Crippen molar-refractivity contribution >= 4 is 33.6 Å². The van der Waals surface area contributed by atoms with Gasteiger partial charge in [0.15, 0.2) is 11.5 Å². The third-order valence-corrected chi connectivity index (χ3v) is 7.26. The molecule has 0 atom stereocenters. The Hall–Kier alpha value is -4.58. The highest BCUT2D eigenvalue weighted by Gasteiger charge is 2.21. The average Bonchev–Trinajstić information content (AvgIpc) is 3.51. The molecular formula is C29H32FN9O2. The highest BCUT2D eigenvalue weighted by atomic mass is 19.1. The average molecular weight is 558 g/mol. The van der Waals surface area contributed by atoms with Crippen LogP contribution in [0, 0.1) is 0 Å². The van der Waals surface area contributed by atoms with Gasteiger partial charge < -0.3 is 15.0 Å². The molecule has 0 aliphatic carbocycles. The van der Waals surface area contributed by atoms with Crippen LogP contribution in [0.5, 0.6) is 5.88 Å². The summed E-state index contributed by atoms with van der Waals surface area (Å²) in [5, 5.41) is 8.88. The molecule has 1 fully saturated rings. The smallest absolute Gasteiger partial charge is 0.278 e. The fraction of sp³-hybridized carbons (Fsp3) is 0.345. The van der Waals surface area contributed by atoms with E-state index in [9.17, 15) is 9.18 Å². The number of allylic oxidation sites excluding steroid dienone is 1. The number of hydrogen-bond donors (Lipinski definition) is 1. The number of nitrogens with one attached hydrogen (secondary N) is 1. The zero-order valence-corrected chi connectivity index (χ0v) is 22.9. The molecule has 1 N–H and O–H groups in total. The molecular weight excluding hydrogens is 525 g/mol. The first kappa shape index (κ1) is 26.6. The Bertz CT molecular complexity index is 1750. The van der Waals surface area contributed by atoms with Crippen LogP contribution in [0.4, 0.5) is 16.0 Å². The molecule has 5 aromatic rings. The summed E-state index contributed by atoms with van der Waals surface area (Å²) in [5.41, 5.74) is 1.85. The minimum atomic E-state index is -0.383. The van der Waals surface area contributed by atoms with E-state index in [1.165, 1.54) is 10.9 Å². The van der Waals surface area contributed by atoms with Gasteiger partial charge in [-0.3, -0.25) is 13.9 Å². The van der Waals surface area contributed by atoms with Crippen LogP contribution in [-0.4, -0.2) is 71.9 Å². The van der Waals surface area contributed by atoms with E-state index in [2.05, 4.69) is 33.9 Å². The van der Waals surface area contributed by atoms with Crippen molar-refractivity contribution < 1.29 is 9.13 Å². The van der Waals surface area contributed by atoms with E-state index in [-0.39, 0.29) is 24.9 Å². The Morgan fingerprint density at radius 1 is 1.17 bits per heavy atom. The normalized spacial score (nSPS) is 14.6. The van der Waals surface area contributed by atoms with Gasteiger partial charge in [0.1, 0.15) is 11.5 Å². The Morgan fingerprint density at radius 3 is 2.83 bits per heavy atom. The van der Waals surface area contributed by atoms with Crippen molar-refractivity contribution in [1.29, 1.82) is 0 Å². The number of nitrogens with zero attached hydrogens (tertiary/aromatic N) is 8. The van der Waals surface area contributed by atoms with Gasteiger partial charge in [0.05, 0.1) is 24.9 Å². The van der Waals surface area contributed by atoms with Crippen molar-refractivity contribution in [3.63, 3.8) is 0 Å². The number of pyridine rings is 1. The van der Waals surface area contributed by atoms with E-state index in [1.807, 2.05) is 36.4 Å². The van der Waals surface area contributed by atoms with E-state index in [0.717, 1.165) is 42.5 Å². The van der Waals surface area contributed by atoms with Gasteiger partial charge in [0.2, 0.25) is 11.8 Å². The summed E-state index contributed by atoms with van der Waals surface area (Å²) >= 11 is 0. The van der Waals surface area contributed by atoms with Crippen molar-refractivity contribution in [3.05, 3.63) is 71.8 Å². The number of aromatic nitrogens is 7. The maximum absolute atomic E-state index is 13.3. The number of hydrogen-bond acceptors (Lipinski definition) is 8. The van der Waals surface area contributed by atoms with Crippen molar-refractivity contribution in [1.82, 2.24) is 39.0 Å². The number of aryl methyl sites for hydroxylation is 1. The first-order chi connectivity index (χ1) is 20.0. The van der Waals surface area contributed by atoms with E-state index < -0.39 is 0 Å². The van der Waals surface area contributed by atoms with Gasteiger partial charge in [-0.1, -0.05) is 12.1 Å². The molecule has 0 saturated carbocycles. The zero-order chi connectivity index (χ0) is 28.3. The quantitative estimate of drug-likeness (QED) is 0.256. The summed E-state index contributed by atoms with van der Waals surface area (Å²) < 4.78 is 23.9. The predicted octanol–water partition coefficient (Wildman–Crippen LogP) is 4.09. The van der Waals surface area contributed by atoms with Crippen LogP contribution in [0.15, 0.2) is 66.2 Å². The highest BCUT2D eigenvalue weighted by Crippen LogP contribution is 2.24. The second kappa shape index (κ2) is 11.5. The highest BCUT2D eigenvalue weighted by molar-refractivity contribution is 5.83. The second-order valence-electron chi connectivity index (χ2n) is 10.2. The molecule has 212 valence electrons. The number of fused-ring (bicyclic) bond motifs is 2. The minimum Gasteiger partial charge on any atom is -0.474 e. The summed E-state index contributed by atoms with van der Waals surface area (Å²) in [6.45, 7) is 6.18.